The Morgan fingerprint density at radius 1 is 1.24 bits per heavy atom. The number of hydrogen-bond donors (Lipinski definition) is 2. The molecule has 0 saturated carbocycles. The maximum absolute atomic E-state index is 12.6. The van der Waals surface area contributed by atoms with E-state index in [1.807, 2.05) is 30.3 Å². The van der Waals surface area contributed by atoms with Gasteiger partial charge in [-0.2, -0.15) is 0 Å². The third-order valence-electron chi connectivity index (χ3n) is 4.10. The van der Waals surface area contributed by atoms with Crippen molar-refractivity contribution in [1.29, 1.82) is 0 Å². The van der Waals surface area contributed by atoms with E-state index in [0.29, 0.717) is 12.4 Å². The van der Waals surface area contributed by atoms with Gasteiger partial charge in [0.05, 0.1) is 32.1 Å². The predicted octanol–water partition coefficient (Wildman–Crippen LogP) is 1.62. The van der Waals surface area contributed by atoms with Gasteiger partial charge in [-0.1, -0.05) is 30.3 Å². The number of benzene rings is 1. The van der Waals surface area contributed by atoms with Crippen LogP contribution in [0.1, 0.15) is 18.2 Å². The number of nitrogens with zero attached hydrogens (tertiary/aromatic N) is 1. The molecule has 2 N–H and O–H groups in total. The number of carbonyl (C=O) groups is 2. The SMILES string of the molecule is C[C@@]1(c2ccco2)NC(=O)N(C[C@H](O)COCc2ccccc2)C1=O. The van der Waals surface area contributed by atoms with Gasteiger partial charge in [-0.3, -0.25) is 9.69 Å². The fraction of sp³-hybridized carbons (Fsp3) is 0.333. The zero-order valence-corrected chi connectivity index (χ0v) is 13.8. The molecule has 3 rings (SSSR count). The van der Waals surface area contributed by atoms with Crippen molar-refractivity contribution >= 4 is 11.9 Å². The van der Waals surface area contributed by atoms with E-state index in [9.17, 15) is 14.7 Å². The number of furan rings is 1. The first-order valence-corrected chi connectivity index (χ1v) is 7.98. The molecule has 0 aliphatic carbocycles. The molecule has 0 spiro atoms. The van der Waals surface area contributed by atoms with E-state index in [1.54, 1.807) is 19.1 Å². The standard InChI is InChI=1S/C18H20N2O5/c1-18(15-8-5-9-25-15)16(22)20(17(23)19-18)10-14(21)12-24-11-13-6-3-2-4-7-13/h2-9,14,21H,10-12H2,1H3,(H,19,23)/t14-,18-/m0/s1. The number of aliphatic hydroxyl groups is 1. The van der Waals surface area contributed by atoms with Crippen LogP contribution < -0.4 is 5.32 Å². The van der Waals surface area contributed by atoms with Crippen LogP contribution in [0.5, 0.6) is 0 Å². The highest BCUT2D eigenvalue weighted by Crippen LogP contribution is 2.29. The first-order valence-electron chi connectivity index (χ1n) is 7.98. The van der Waals surface area contributed by atoms with E-state index in [2.05, 4.69) is 5.32 Å². The van der Waals surface area contributed by atoms with Gasteiger partial charge in [-0.05, 0) is 24.6 Å². The van der Waals surface area contributed by atoms with Crippen molar-refractivity contribution < 1.29 is 23.8 Å². The average molecular weight is 344 g/mol. The van der Waals surface area contributed by atoms with Gasteiger partial charge < -0.3 is 19.6 Å². The van der Waals surface area contributed by atoms with Crippen molar-refractivity contribution in [3.63, 3.8) is 0 Å². The lowest BCUT2D eigenvalue weighted by Crippen LogP contribution is -2.42. The zero-order valence-electron chi connectivity index (χ0n) is 13.8. The minimum atomic E-state index is -1.26. The summed E-state index contributed by atoms with van der Waals surface area (Å²) in [5.41, 5.74) is -0.277. The molecular weight excluding hydrogens is 324 g/mol. The molecule has 2 aromatic rings. The van der Waals surface area contributed by atoms with Crippen molar-refractivity contribution in [2.75, 3.05) is 13.2 Å². The average Bonchev–Trinajstić information content (AvgIpc) is 3.21. The molecule has 1 aliphatic heterocycles. The van der Waals surface area contributed by atoms with Crippen LogP contribution in [-0.4, -0.2) is 41.2 Å². The minimum absolute atomic E-state index is 0.0173. The van der Waals surface area contributed by atoms with Gasteiger partial charge in [-0.15, -0.1) is 0 Å². The van der Waals surface area contributed by atoms with Crippen molar-refractivity contribution in [1.82, 2.24) is 10.2 Å². The Bertz CT molecular complexity index is 731. The van der Waals surface area contributed by atoms with Gasteiger partial charge in [0.15, 0.2) is 5.54 Å². The van der Waals surface area contributed by atoms with Crippen LogP contribution in [0.4, 0.5) is 4.79 Å². The number of aliphatic hydroxyl groups excluding tert-OH is 1. The largest absolute Gasteiger partial charge is 0.466 e. The molecule has 1 aromatic heterocycles. The number of carbonyl (C=O) groups excluding carboxylic acids is 2. The summed E-state index contributed by atoms with van der Waals surface area (Å²) >= 11 is 0. The molecule has 2 heterocycles. The molecular formula is C18H20N2O5. The second-order valence-corrected chi connectivity index (χ2v) is 6.10. The van der Waals surface area contributed by atoms with Crippen molar-refractivity contribution in [3.8, 4) is 0 Å². The Hall–Kier alpha value is -2.64. The molecule has 0 unspecified atom stereocenters. The van der Waals surface area contributed by atoms with Crippen LogP contribution in [0.2, 0.25) is 0 Å². The summed E-state index contributed by atoms with van der Waals surface area (Å²) in [7, 11) is 0. The number of nitrogens with one attached hydrogen (secondary N) is 1. The lowest BCUT2D eigenvalue weighted by molar-refractivity contribution is -0.133. The predicted molar refractivity (Wildman–Crippen MR) is 88.4 cm³/mol. The summed E-state index contributed by atoms with van der Waals surface area (Å²) in [5, 5.41) is 12.7. The second-order valence-electron chi connectivity index (χ2n) is 6.10. The molecule has 1 aliphatic rings. The van der Waals surface area contributed by atoms with Crippen molar-refractivity contribution in [3.05, 3.63) is 60.1 Å². The van der Waals surface area contributed by atoms with E-state index in [0.717, 1.165) is 10.5 Å². The molecule has 1 aromatic carbocycles. The van der Waals surface area contributed by atoms with Crippen LogP contribution in [0.3, 0.4) is 0 Å². The summed E-state index contributed by atoms with van der Waals surface area (Å²) < 4.78 is 10.7. The fourth-order valence-electron chi connectivity index (χ4n) is 2.74. The number of imide groups is 1. The second kappa shape index (κ2) is 7.08. The first kappa shape index (κ1) is 17.2. The summed E-state index contributed by atoms with van der Waals surface area (Å²) in [6, 6.07) is 12.3. The van der Waals surface area contributed by atoms with Gasteiger partial charge in [0, 0.05) is 0 Å². The van der Waals surface area contributed by atoms with E-state index >= 15 is 0 Å². The normalized spacial score (nSPS) is 21.4. The maximum Gasteiger partial charge on any atom is 0.325 e. The van der Waals surface area contributed by atoms with Crippen molar-refractivity contribution in [2.45, 2.75) is 25.2 Å². The topological polar surface area (TPSA) is 92.0 Å². The van der Waals surface area contributed by atoms with Gasteiger partial charge in [0.1, 0.15) is 5.76 Å². The molecule has 25 heavy (non-hydrogen) atoms. The van der Waals surface area contributed by atoms with Crippen molar-refractivity contribution in [2.24, 2.45) is 0 Å². The smallest absolute Gasteiger partial charge is 0.325 e. The number of β-amino-alcohol motifs (C(OH)–C–C–N with tert-alkyl or cyclic N) is 1. The molecule has 132 valence electrons. The number of hydrogen-bond acceptors (Lipinski definition) is 5. The Labute approximate surface area is 145 Å². The van der Waals surface area contributed by atoms with E-state index in [-0.39, 0.29) is 13.2 Å². The van der Waals surface area contributed by atoms with Gasteiger partial charge >= 0.3 is 6.03 Å². The van der Waals surface area contributed by atoms with E-state index in [4.69, 9.17) is 9.15 Å². The molecule has 1 saturated heterocycles. The van der Waals surface area contributed by atoms with Crippen LogP contribution in [0, 0.1) is 0 Å². The van der Waals surface area contributed by atoms with Crippen LogP contribution in [-0.2, 0) is 21.7 Å². The Kier molecular flexibility index (Phi) is 4.87. The highest BCUT2D eigenvalue weighted by molar-refractivity contribution is 6.06. The van der Waals surface area contributed by atoms with Crippen LogP contribution in [0.25, 0.3) is 0 Å². The van der Waals surface area contributed by atoms with E-state index in [1.165, 1.54) is 6.26 Å². The van der Waals surface area contributed by atoms with E-state index < -0.39 is 23.6 Å². The minimum Gasteiger partial charge on any atom is -0.466 e. The van der Waals surface area contributed by atoms with Gasteiger partial charge in [0.25, 0.3) is 5.91 Å². The lowest BCUT2D eigenvalue weighted by Gasteiger charge is -2.20. The molecule has 3 amide bonds. The monoisotopic (exact) mass is 344 g/mol. The highest BCUT2D eigenvalue weighted by atomic mass is 16.5. The third-order valence-corrected chi connectivity index (χ3v) is 4.10. The molecule has 0 radical (unpaired) electrons. The summed E-state index contributed by atoms with van der Waals surface area (Å²) in [4.78, 5) is 25.7. The zero-order chi connectivity index (χ0) is 17.9. The molecule has 2 atom stereocenters. The molecule has 7 nitrogen and oxygen atoms in total. The Morgan fingerprint density at radius 3 is 2.68 bits per heavy atom. The van der Waals surface area contributed by atoms with Gasteiger partial charge in [0.2, 0.25) is 0 Å². The number of amides is 3. The fourth-order valence-corrected chi connectivity index (χ4v) is 2.74. The number of urea groups is 1. The number of ether oxygens (including phenoxy) is 1. The maximum atomic E-state index is 12.6. The highest BCUT2D eigenvalue weighted by Gasteiger charge is 2.51. The first-order chi connectivity index (χ1) is 12.0. The Balaban J connectivity index is 1.55. The molecule has 1 fully saturated rings. The summed E-state index contributed by atoms with van der Waals surface area (Å²) in [6.07, 6.45) is 0.465. The third kappa shape index (κ3) is 3.57. The Morgan fingerprint density at radius 2 is 2.00 bits per heavy atom. The molecule has 0 bridgehead atoms. The number of rotatable bonds is 7. The summed E-state index contributed by atoms with van der Waals surface area (Å²) in [5.74, 6) is -0.113. The lowest BCUT2D eigenvalue weighted by atomic mass is 9.99. The van der Waals surface area contributed by atoms with Crippen LogP contribution >= 0.6 is 0 Å². The quantitative estimate of drug-likeness (QED) is 0.745. The van der Waals surface area contributed by atoms with Crippen LogP contribution in [0.15, 0.2) is 53.1 Å². The summed E-state index contributed by atoms with van der Waals surface area (Å²) in [6.45, 7) is 1.80. The van der Waals surface area contributed by atoms with Gasteiger partial charge in [-0.25, -0.2) is 4.79 Å². The molecule has 7 heteroatoms.